The fourth-order valence-electron chi connectivity index (χ4n) is 2.84. The number of carbonyl (C=O) groups excluding carboxylic acids is 1. The third kappa shape index (κ3) is 3.03. The summed E-state index contributed by atoms with van der Waals surface area (Å²) in [7, 11) is 1.88. The number of benzene rings is 1. The molecule has 2 aromatic rings. The van der Waals surface area contributed by atoms with Crippen LogP contribution in [0.15, 0.2) is 17.1 Å². The number of halogens is 2. The summed E-state index contributed by atoms with van der Waals surface area (Å²) in [6, 6.07) is 3.57. The van der Waals surface area contributed by atoms with Crippen LogP contribution in [0.5, 0.6) is 0 Å². The van der Waals surface area contributed by atoms with E-state index in [4.69, 9.17) is 23.2 Å². The standard InChI is InChI=1S/C15H16Cl2N2OS/c1-19-13-11(17)7-10(16)8-12(13)21-15(19)18-14(20)9-5-3-2-4-6-9/h7-9H,2-6H2,1H3. The van der Waals surface area contributed by atoms with Crippen LogP contribution >= 0.6 is 34.5 Å². The van der Waals surface area contributed by atoms with Gasteiger partial charge in [-0.05, 0) is 25.0 Å². The Morgan fingerprint density at radius 1 is 1.29 bits per heavy atom. The number of fused-ring (bicyclic) bond motifs is 1. The molecule has 3 nitrogen and oxygen atoms in total. The zero-order chi connectivity index (χ0) is 15.0. The second kappa shape index (κ2) is 6.11. The molecule has 1 amide bonds. The van der Waals surface area contributed by atoms with Crippen molar-refractivity contribution < 1.29 is 4.79 Å². The van der Waals surface area contributed by atoms with Crippen LogP contribution < -0.4 is 4.80 Å². The monoisotopic (exact) mass is 342 g/mol. The lowest BCUT2D eigenvalue weighted by Gasteiger charge is -2.17. The molecule has 1 aliphatic rings. The first-order chi connectivity index (χ1) is 10.1. The maximum absolute atomic E-state index is 12.3. The SMILES string of the molecule is Cn1c(=NC(=O)C2CCCCC2)sc2cc(Cl)cc(Cl)c21. The summed E-state index contributed by atoms with van der Waals surface area (Å²) in [6.45, 7) is 0. The Morgan fingerprint density at radius 2 is 2.00 bits per heavy atom. The molecule has 112 valence electrons. The molecule has 0 bridgehead atoms. The molecule has 1 aromatic heterocycles. The molecule has 0 spiro atoms. The van der Waals surface area contributed by atoms with Gasteiger partial charge in [0, 0.05) is 18.0 Å². The molecule has 0 atom stereocenters. The first kappa shape index (κ1) is 15.1. The second-order valence-corrected chi connectivity index (χ2v) is 7.32. The van der Waals surface area contributed by atoms with Gasteiger partial charge >= 0.3 is 0 Å². The normalized spacial score (nSPS) is 17.6. The molecular weight excluding hydrogens is 327 g/mol. The Morgan fingerprint density at radius 3 is 2.71 bits per heavy atom. The number of rotatable bonds is 1. The largest absolute Gasteiger partial charge is 0.318 e. The summed E-state index contributed by atoms with van der Waals surface area (Å²) < 4.78 is 2.82. The highest BCUT2D eigenvalue weighted by Crippen LogP contribution is 2.29. The van der Waals surface area contributed by atoms with E-state index in [-0.39, 0.29) is 11.8 Å². The lowest BCUT2D eigenvalue weighted by atomic mass is 9.89. The average molecular weight is 343 g/mol. The molecule has 3 rings (SSSR count). The van der Waals surface area contributed by atoms with Crippen LogP contribution in [0.25, 0.3) is 10.2 Å². The summed E-state index contributed by atoms with van der Waals surface area (Å²) in [5.41, 5.74) is 0.876. The van der Waals surface area contributed by atoms with E-state index in [0.717, 1.165) is 35.9 Å². The van der Waals surface area contributed by atoms with Crippen LogP contribution in [0.1, 0.15) is 32.1 Å². The molecular formula is C15H16Cl2N2OS. The van der Waals surface area contributed by atoms with Crippen LogP contribution in [-0.2, 0) is 11.8 Å². The van der Waals surface area contributed by atoms with Crippen LogP contribution in [0.3, 0.4) is 0 Å². The highest BCUT2D eigenvalue weighted by Gasteiger charge is 2.21. The van der Waals surface area contributed by atoms with E-state index in [2.05, 4.69) is 4.99 Å². The zero-order valence-electron chi connectivity index (χ0n) is 11.7. The molecule has 1 aliphatic carbocycles. The molecule has 1 heterocycles. The van der Waals surface area contributed by atoms with Gasteiger partial charge in [-0.1, -0.05) is 53.8 Å². The lowest BCUT2D eigenvalue weighted by molar-refractivity contribution is -0.122. The first-order valence-electron chi connectivity index (χ1n) is 7.09. The maximum atomic E-state index is 12.3. The summed E-state index contributed by atoms with van der Waals surface area (Å²) >= 11 is 13.7. The van der Waals surface area contributed by atoms with Crippen molar-refractivity contribution in [3.63, 3.8) is 0 Å². The van der Waals surface area contributed by atoms with Gasteiger partial charge in [0.05, 0.1) is 15.2 Å². The minimum atomic E-state index is -0.000856. The van der Waals surface area contributed by atoms with E-state index in [1.807, 2.05) is 17.7 Å². The Balaban J connectivity index is 2.03. The average Bonchev–Trinajstić information content (AvgIpc) is 2.76. The molecule has 0 N–H and O–H groups in total. The molecule has 21 heavy (non-hydrogen) atoms. The first-order valence-corrected chi connectivity index (χ1v) is 8.66. The van der Waals surface area contributed by atoms with E-state index in [1.165, 1.54) is 17.8 Å². The summed E-state index contributed by atoms with van der Waals surface area (Å²) in [5.74, 6) is 0.0853. The summed E-state index contributed by atoms with van der Waals surface area (Å²) in [6.07, 6.45) is 5.42. The quantitative estimate of drug-likeness (QED) is 0.748. The minimum absolute atomic E-state index is 0.000856. The van der Waals surface area contributed by atoms with E-state index in [1.54, 1.807) is 6.07 Å². The summed E-state index contributed by atoms with van der Waals surface area (Å²) in [5, 5.41) is 1.18. The fraction of sp³-hybridized carbons (Fsp3) is 0.467. The van der Waals surface area contributed by atoms with E-state index in [9.17, 15) is 4.79 Å². The van der Waals surface area contributed by atoms with Crippen molar-refractivity contribution in [1.82, 2.24) is 4.57 Å². The number of aromatic nitrogens is 1. The van der Waals surface area contributed by atoms with Gasteiger partial charge in [0.1, 0.15) is 0 Å². The number of amides is 1. The van der Waals surface area contributed by atoms with Gasteiger partial charge in [0.15, 0.2) is 4.80 Å². The van der Waals surface area contributed by atoms with Gasteiger partial charge in [-0.2, -0.15) is 4.99 Å². The lowest BCUT2D eigenvalue weighted by Crippen LogP contribution is -2.20. The number of hydrogen-bond acceptors (Lipinski definition) is 2. The number of carbonyl (C=O) groups is 1. The van der Waals surface area contributed by atoms with Gasteiger partial charge < -0.3 is 4.57 Å². The molecule has 0 saturated heterocycles. The fourth-order valence-corrected chi connectivity index (χ4v) is 4.67. The van der Waals surface area contributed by atoms with E-state index in [0.29, 0.717) is 14.8 Å². The number of thiazole rings is 1. The highest BCUT2D eigenvalue weighted by molar-refractivity contribution is 7.16. The third-order valence-corrected chi connectivity index (χ3v) is 5.56. The van der Waals surface area contributed by atoms with Gasteiger partial charge in [-0.3, -0.25) is 4.79 Å². The Hall–Kier alpha value is -0.840. The number of nitrogens with zero attached hydrogens (tertiary/aromatic N) is 2. The molecule has 6 heteroatoms. The molecule has 1 saturated carbocycles. The second-order valence-electron chi connectivity index (χ2n) is 5.46. The van der Waals surface area contributed by atoms with E-state index < -0.39 is 0 Å². The van der Waals surface area contributed by atoms with Gasteiger partial charge in [0.2, 0.25) is 0 Å². The molecule has 1 aromatic carbocycles. The van der Waals surface area contributed by atoms with Crippen molar-refractivity contribution in [2.24, 2.45) is 18.0 Å². The van der Waals surface area contributed by atoms with E-state index >= 15 is 0 Å². The zero-order valence-corrected chi connectivity index (χ0v) is 14.1. The van der Waals surface area contributed by atoms with Crippen molar-refractivity contribution in [2.75, 3.05) is 0 Å². The third-order valence-electron chi connectivity index (χ3n) is 3.98. The van der Waals surface area contributed by atoms with Crippen molar-refractivity contribution in [3.8, 4) is 0 Å². The molecule has 0 unspecified atom stereocenters. The smallest absolute Gasteiger partial charge is 0.251 e. The Labute approximate surface area is 137 Å². The maximum Gasteiger partial charge on any atom is 0.251 e. The van der Waals surface area contributed by atoms with Gasteiger partial charge in [-0.15, -0.1) is 0 Å². The van der Waals surface area contributed by atoms with Crippen LogP contribution in [0.4, 0.5) is 0 Å². The van der Waals surface area contributed by atoms with Crippen molar-refractivity contribution in [1.29, 1.82) is 0 Å². The van der Waals surface area contributed by atoms with Gasteiger partial charge in [0.25, 0.3) is 5.91 Å². The molecule has 0 radical (unpaired) electrons. The van der Waals surface area contributed by atoms with Crippen LogP contribution in [0.2, 0.25) is 10.0 Å². The Kier molecular flexibility index (Phi) is 4.38. The van der Waals surface area contributed by atoms with Crippen molar-refractivity contribution in [2.45, 2.75) is 32.1 Å². The highest BCUT2D eigenvalue weighted by atomic mass is 35.5. The van der Waals surface area contributed by atoms with Crippen molar-refractivity contribution in [3.05, 3.63) is 27.0 Å². The van der Waals surface area contributed by atoms with Crippen LogP contribution in [0, 0.1) is 5.92 Å². The molecule has 0 aliphatic heterocycles. The molecule has 1 fully saturated rings. The minimum Gasteiger partial charge on any atom is -0.318 e. The number of hydrogen-bond donors (Lipinski definition) is 0. The predicted molar refractivity (Wildman–Crippen MR) is 88.0 cm³/mol. The topological polar surface area (TPSA) is 34.4 Å². The predicted octanol–water partition coefficient (Wildman–Crippen LogP) is 4.55. The number of aryl methyl sites for hydroxylation is 1. The van der Waals surface area contributed by atoms with Crippen molar-refractivity contribution >= 4 is 50.7 Å². The van der Waals surface area contributed by atoms with Crippen LogP contribution in [-0.4, -0.2) is 10.5 Å². The Bertz CT molecular complexity index is 757. The summed E-state index contributed by atoms with van der Waals surface area (Å²) in [4.78, 5) is 17.3. The van der Waals surface area contributed by atoms with Gasteiger partial charge in [-0.25, -0.2) is 0 Å².